The average Bonchev–Trinajstić information content (AvgIpc) is 2.99. The van der Waals surface area contributed by atoms with Crippen LogP contribution < -0.4 is 10.2 Å². The number of anilines is 2. The minimum Gasteiger partial charge on any atom is -0.354 e. The molecule has 0 aliphatic carbocycles. The van der Waals surface area contributed by atoms with Crippen molar-refractivity contribution in [1.82, 2.24) is 19.7 Å². The van der Waals surface area contributed by atoms with Crippen LogP contribution in [0.5, 0.6) is 0 Å². The van der Waals surface area contributed by atoms with Crippen LogP contribution in [0.25, 0.3) is 0 Å². The molecule has 2 saturated heterocycles. The van der Waals surface area contributed by atoms with Crippen molar-refractivity contribution < 1.29 is 9.59 Å². The molecule has 180 valence electrons. The van der Waals surface area contributed by atoms with Gasteiger partial charge in [-0.2, -0.15) is 0 Å². The molecule has 1 aromatic heterocycles. The van der Waals surface area contributed by atoms with Gasteiger partial charge in [-0.25, -0.2) is 9.78 Å². The van der Waals surface area contributed by atoms with Crippen molar-refractivity contribution in [3.63, 3.8) is 0 Å². The number of piperazine rings is 1. The standard InChI is InChI=1S/C26H34N6O2/c1-3-19(2)24-25(33)28-22-9-5-4-8-20(22)16-32(24)26(34)31-17-21(18-31)29-12-14-30(15-13-29)23-10-6-7-11-27-23/h4-11,19,21,24H,3,12-18H2,1-2H3,(H,28,33). The van der Waals surface area contributed by atoms with Crippen molar-refractivity contribution in [3.8, 4) is 0 Å². The highest BCUT2D eigenvalue weighted by Gasteiger charge is 2.43. The normalized spacial score (nSPS) is 22.5. The predicted octanol–water partition coefficient (Wildman–Crippen LogP) is 2.88. The van der Waals surface area contributed by atoms with E-state index < -0.39 is 6.04 Å². The minimum absolute atomic E-state index is 0.0273. The van der Waals surface area contributed by atoms with E-state index in [1.807, 2.05) is 47.5 Å². The number of amides is 3. The monoisotopic (exact) mass is 462 g/mol. The largest absolute Gasteiger partial charge is 0.354 e. The molecule has 1 aromatic carbocycles. The van der Waals surface area contributed by atoms with E-state index >= 15 is 0 Å². The molecule has 34 heavy (non-hydrogen) atoms. The summed E-state index contributed by atoms with van der Waals surface area (Å²) in [4.78, 5) is 39.7. The van der Waals surface area contributed by atoms with E-state index in [9.17, 15) is 9.59 Å². The molecule has 8 heteroatoms. The Morgan fingerprint density at radius 2 is 1.82 bits per heavy atom. The van der Waals surface area contributed by atoms with Crippen molar-refractivity contribution >= 4 is 23.4 Å². The van der Waals surface area contributed by atoms with Gasteiger partial charge in [-0.3, -0.25) is 9.69 Å². The van der Waals surface area contributed by atoms with Gasteiger partial charge in [0.05, 0.1) is 6.54 Å². The fourth-order valence-corrected chi connectivity index (χ4v) is 5.27. The van der Waals surface area contributed by atoms with Crippen LogP contribution in [0, 0.1) is 5.92 Å². The smallest absolute Gasteiger partial charge is 0.321 e. The summed E-state index contributed by atoms with van der Waals surface area (Å²) in [6, 6.07) is 13.7. The second kappa shape index (κ2) is 9.62. The molecular formula is C26H34N6O2. The highest BCUT2D eigenvalue weighted by atomic mass is 16.2. The Bertz CT molecular complexity index is 1020. The number of urea groups is 1. The van der Waals surface area contributed by atoms with Crippen LogP contribution in [-0.4, -0.2) is 83.0 Å². The quantitative estimate of drug-likeness (QED) is 0.757. The fourth-order valence-electron chi connectivity index (χ4n) is 5.27. The summed E-state index contributed by atoms with van der Waals surface area (Å²) < 4.78 is 0. The zero-order valence-electron chi connectivity index (χ0n) is 20.1. The molecule has 0 bridgehead atoms. The second-order valence-corrected chi connectivity index (χ2v) is 9.66. The number of benzene rings is 1. The first-order valence-corrected chi connectivity index (χ1v) is 12.4. The topological polar surface area (TPSA) is 72.0 Å². The Labute approximate surface area is 201 Å². The van der Waals surface area contributed by atoms with Crippen molar-refractivity contribution in [2.24, 2.45) is 5.92 Å². The Morgan fingerprint density at radius 3 is 2.53 bits per heavy atom. The molecule has 2 fully saturated rings. The summed E-state index contributed by atoms with van der Waals surface area (Å²) in [5.74, 6) is 1.02. The Hall–Kier alpha value is -3.13. The predicted molar refractivity (Wildman–Crippen MR) is 133 cm³/mol. The third-order valence-corrected chi connectivity index (χ3v) is 7.59. The van der Waals surface area contributed by atoms with Crippen molar-refractivity contribution in [1.29, 1.82) is 0 Å². The molecule has 3 aliphatic rings. The number of hydrogen-bond acceptors (Lipinski definition) is 5. The Balaban J connectivity index is 1.22. The van der Waals surface area contributed by atoms with Crippen molar-refractivity contribution in [2.45, 2.75) is 38.9 Å². The van der Waals surface area contributed by atoms with Gasteiger partial charge in [0.1, 0.15) is 11.9 Å². The molecule has 1 N–H and O–H groups in total. The van der Waals surface area contributed by atoms with E-state index in [2.05, 4.69) is 40.0 Å². The first-order chi connectivity index (χ1) is 16.5. The van der Waals surface area contributed by atoms with Crippen LogP contribution in [0.1, 0.15) is 25.8 Å². The SMILES string of the molecule is CCC(C)C1C(=O)Nc2ccccc2CN1C(=O)N1CC(N2CCN(c3ccccn3)CC2)C1. The summed E-state index contributed by atoms with van der Waals surface area (Å²) in [6.07, 6.45) is 2.67. The van der Waals surface area contributed by atoms with Crippen LogP contribution >= 0.6 is 0 Å². The molecule has 3 amide bonds. The third-order valence-electron chi connectivity index (χ3n) is 7.59. The summed E-state index contributed by atoms with van der Waals surface area (Å²) in [5.41, 5.74) is 1.79. The first-order valence-electron chi connectivity index (χ1n) is 12.4. The Kier molecular flexibility index (Phi) is 6.41. The molecule has 4 heterocycles. The van der Waals surface area contributed by atoms with E-state index in [1.165, 1.54) is 0 Å². The number of fused-ring (bicyclic) bond motifs is 1. The highest BCUT2D eigenvalue weighted by Crippen LogP contribution is 2.29. The number of nitrogens with one attached hydrogen (secondary N) is 1. The maximum Gasteiger partial charge on any atom is 0.321 e. The minimum atomic E-state index is -0.467. The average molecular weight is 463 g/mol. The number of pyridine rings is 1. The van der Waals surface area contributed by atoms with Gasteiger partial charge >= 0.3 is 6.03 Å². The zero-order valence-corrected chi connectivity index (χ0v) is 20.1. The summed E-state index contributed by atoms with van der Waals surface area (Å²) >= 11 is 0. The lowest BCUT2D eigenvalue weighted by atomic mass is 9.96. The summed E-state index contributed by atoms with van der Waals surface area (Å²) in [7, 11) is 0. The van der Waals surface area contributed by atoms with E-state index in [1.54, 1.807) is 4.90 Å². The number of carbonyl (C=O) groups excluding carboxylic acids is 2. The number of carbonyl (C=O) groups is 2. The lowest BCUT2D eigenvalue weighted by Crippen LogP contribution is -2.67. The number of rotatable bonds is 4. The molecule has 5 rings (SSSR count). The molecule has 0 radical (unpaired) electrons. The lowest BCUT2D eigenvalue weighted by molar-refractivity contribution is -0.122. The van der Waals surface area contributed by atoms with Crippen LogP contribution in [-0.2, 0) is 11.3 Å². The van der Waals surface area contributed by atoms with E-state index in [0.717, 1.165) is 62.8 Å². The number of aromatic nitrogens is 1. The van der Waals surface area contributed by atoms with E-state index in [-0.39, 0.29) is 17.9 Å². The van der Waals surface area contributed by atoms with Crippen LogP contribution in [0.15, 0.2) is 48.7 Å². The van der Waals surface area contributed by atoms with Crippen molar-refractivity contribution in [3.05, 3.63) is 54.2 Å². The molecular weight excluding hydrogens is 428 g/mol. The molecule has 3 aliphatic heterocycles. The lowest BCUT2D eigenvalue weighted by Gasteiger charge is -2.49. The molecule has 8 nitrogen and oxygen atoms in total. The van der Waals surface area contributed by atoms with Crippen molar-refractivity contribution in [2.75, 3.05) is 49.5 Å². The zero-order chi connectivity index (χ0) is 23.7. The van der Waals surface area contributed by atoms with Crippen LogP contribution in [0.2, 0.25) is 0 Å². The second-order valence-electron chi connectivity index (χ2n) is 9.66. The molecule has 2 atom stereocenters. The number of likely N-dealkylation sites (tertiary alicyclic amines) is 1. The van der Waals surface area contributed by atoms with Gasteiger partial charge in [-0.15, -0.1) is 0 Å². The molecule has 0 spiro atoms. The van der Waals surface area contributed by atoms with Gasteiger partial charge in [-0.05, 0) is 29.7 Å². The maximum absolute atomic E-state index is 13.6. The highest BCUT2D eigenvalue weighted by molar-refractivity contribution is 5.99. The summed E-state index contributed by atoms with van der Waals surface area (Å²) in [5, 5.41) is 3.06. The van der Waals surface area contributed by atoms with E-state index in [0.29, 0.717) is 12.6 Å². The van der Waals surface area contributed by atoms with Gasteiger partial charge in [0.25, 0.3) is 0 Å². The number of para-hydroxylation sites is 1. The van der Waals surface area contributed by atoms with Gasteiger partial charge in [0.2, 0.25) is 5.91 Å². The maximum atomic E-state index is 13.6. The number of nitrogens with zero attached hydrogens (tertiary/aromatic N) is 5. The molecule has 2 aromatic rings. The van der Waals surface area contributed by atoms with E-state index in [4.69, 9.17) is 0 Å². The van der Waals surface area contributed by atoms with Crippen LogP contribution in [0.3, 0.4) is 0 Å². The summed E-state index contributed by atoms with van der Waals surface area (Å²) in [6.45, 7) is 9.85. The molecule has 2 unspecified atom stereocenters. The molecule has 0 saturated carbocycles. The Morgan fingerprint density at radius 1 is 1.09 bits per heavy atom. The van der Waals surface area contributed by atoms with Gasteiger partial charge in [-0.1, -0.05) is 44.5 Å². The number of hydrogen-bond donors (Lipinski definition) is 1. The van der Waals surface area contributed by atoms with Gasteiger partial charge in [0, 0.05) is 57.2 Å². The third kappa shape index (κ3) is 4.34. The first kappa shape index (κ1) is 22.7. The fraction of sp³-hybridized carbons (Fsp3) is 0.500. The van der Waals surface area contributed by atoms with Gasteiger partial charge in [0.15, 0.2) is 0 Å². The van der Waals surface area contributed by atoms with Crippen LogP contribution in [0.4, 0.5) is 16.3 Å². The van der Waals surface area contributed by atoms with Gasteiger partial charge < -0.3 is 20.0 Å².